The summed E-state index contributed by atoms with van der Waals surface area (Å²) in [6.45, 7) is 1.62. The molecule has 0 bridgehead atoms. The number of carbonyl (C=O) groups is 1. The Labute approximate surface area is 169 Å². The fourth-order valence-corrected chi connectivity index (χ4v) is 4.04. The van der Waals surface area contributed by atoms with Crippen molar-refractivity contribution in [1.82, 2.24) is 19.7 Å². The summed E-state index contributed by atoms with van der Waals surface area (Å²) in [5.41, 5.74) is 8.26. The van der Waals surface area contributed by atoms with Crippen LogP contribution >= 0.6 is 15.9 Å². The first-order valence-corrected chi connectivity index (χ1v) is 9.75. The number of piperidine rings is 1. The number of H-pyrrole nitrogens is 1. The molecule has 1 aliphatic rings. The van der Waals surface area contributed by atoms with Gasteiger partial charge >= 0.3 is 0 Å². The number of halogens is 1. The lowest BCUT2D eigenvalue weighted by Gasteiger charge is -2.33. The summed E-state index contributed by atoms with van der Waals surface area (Å²) in [5.74, 6) is -0.405. The fourth-order valence-electron chi connectivity index (χ4n) is 3.49. The predicted molar refractivity (Wildman–Crippen MR) is 111 cm³/mol. The second-order valence-corrected chi connectivity index (χ2v) is 7.72. The van der Waals surface area contributed by atoms with E-state index in [9.17, 15) is 9.59 Å². The molecule has 1 amide bonds. The van der Waals surface area contributed by atoms with E-state index in [1.807, 2.05) is 0 Å². The quantitative estimate of drug-likeness (QED) is 0.562. The van der Waals surface area contributed by atoms with Gasteiger partial charge in [0.1, 0.15) is 11.3 Å². The zero-order valence-electron chi connectivity index (χ0n) is 15.3. The van der Waals surface area contributed by atoms with Gasteiger partial charge < -0.3 is 20.9 Å². The molecule has 1 aliphatic heterocycles. The minimum absolute atomic E-state index is 0.107. The number of hydrogen-bond donors (Lipinski definition) is 3. The Morgan fingerprint density at radius 3 is 3.00 bits per heavy atom. The molecular weight excluding hydrogens is 426 g/mol. The number of nitrogens with one attached hydrogen (secondary N) is 2. The number of anilines is 2. The molecule has 28 heavy (non-hydrogen) atoms. The fraction of sp³-hybridized carbons (Fsp3) is 0.333. The van der Waals surface area contributed by atoms with Crippen LogP contribution in [0.4, 0.5) is 11.4 Å². The Bertz CT molecular complexity index is 1110. The van der Waals surface area contributed by atoms with Gasteiger partial charge in [0.05, 0.1) is 21.2 Å². The third-order valence-corrected chi connectivity index (χ3v) is 5.43. The topological polar surface area (TPSA) is 122 Å². The molecule has 4 rings (SSSR count). The summed E-state index contributed by atoms with van der Waals surface area (Å²) in [5, 5.41) is 7.69. The van der Waals surface area contributed by atoms with Crippen molar-refractivity contribution in [3.05, 3.63) is 45.0 Å². The van der Waals surface area contributed by atoms with E-state index in [2.05, 4.69) is 41.2 Å². The van der Waals surface area contributed by atoms with Crippen LogP contribution in [0.3, 0.4) is 0 Å². The minimum atomic E-state index is -0.405. The zero-order valence-corrected chi connectivity index (χ0v) is 16.9. The van der Waals surface area contributed by atoms with Crippen LogP contribution in [0.5, 0.6) is 0 Å². The number of pyridine rings is 1. The maximum absolute atomic E-state index is 12.7. The molecule has 0 aliphatic carbocycles. The molecule has 0 saturated carbocycles. The second kappa shape index (κ2) is 7.36. The van der Waals surface area contributed by atoms with Gasteiger partial charge in [0, 0.05) is 44.6 Å². The SMILES string of the molecule is Cn1nc(C(=O)Nc2c[nH]c3ncc(Br)c(N4CCC[C@@H](N)C4)c23)ccc1=O. The smallest absolute Gasteiger partial charge is 0.276 e. The van der Waals surface area contributed by atoms with E-state index >= 15 is 0 Å². The van der Waals surface area contributed by atoms with Gasteiger partial charge in [-0.25, -0.2) is 9.67 Å². The maximum atomic E-state index is 12.7. The molecule has 146 valence electrons. The number of aromatic amines is 1. The number of rotatable bonds is 3. The zero-order chi connectivity index (χ0) is 19.8. The number of fused-ring (bicyclic) bond motifs is 1. The van der Waals surface area contributed by atoms with E-state index in [0.29, 0.717) is 11.3 Å². The summed E-state index contributed by atoms with van der Waals surface area (Å²) in [6.07, 6.45) is 5.45. The third-order valence-electron chi connectivity index (χ3n) is 4.84. The average Bonchev–Trinajstić information content (AvgIpc) is 3.06. The standard InChI is InChI=1S/C18H20BrN7O2/c1-25-14(27)5-4-12(24-25)18(28)23-13-8-22-17-15(13)16(11(19)7-21-17)26-6-2-3-10(20)9-26/h4-5,7-8,10H,2-3,6,9,20H2,1H3,(H,21,22)(H,23,28)/t10-/m1/s1. The number of nitrogens with two attached hydrogens (primary N) is 1. The molecule has 4 N–H and O–H groups in total. The lowest BCUT2D eigenvalue weighted by molar-refractivity contribution is 0.102. The molecule has 3 aromatic rings. The summed E-state index contributed by atoms with van der Waals surface area (Å²) in [4.78, 5) is 33.9. The monoisotopic (exact) mass is 445 g/mol. The van der Waals surface area contributed by atoms with Crippen molar-refractivity contribution in [2.75, 3.05) is 23.3 Å². The van der Waals surface area contributed by atoms with Crippen molar-refractivity contribution >= 4 is 44.2 Å². The highest BCUT2D eigenvalue weighted by atomic mass is 79.9. The number of carbonyl (C=O) groups excluding carboxylic acids is 1. The number of aromatic nitrogens is 4. The molecule has 0 spiro atoms. The normalized spacial score (nSPS) is 17.1. The van der Waals surface area contributed by atoms with E-state index < -0.39 is 5.91 Å². The molecule has 1 fully saturated rings. The lowest BCUT2D eigenvalue weighted by Crippen LogP contribution is -2.43. The van der Waals surface area contributed by atoms with Crippen molar-refractivity contribution < 1.29 is 4.79 Å². The van der Waals surface area contributed by atoms with Gasteiger partial charge in [-0.2, -0.15) is 5.10 Å². The molecule has 0 aromatic carbocycles. The van der Waals surface area contributed by atoms with E-state index in [1.54, 1.807) is 12.4 Å². The molecular formula is C18H20BrN7O2. The van der Waals surface area contributed by atoms with E-state index in [0.717, 1.165) is 46.2 Å². The number of hydrogen-bond acceptors (Lipinski definition) is 6. The van der Waals surface area contributed by atoms with Crippen LogP contribution in [0.25, 0.3) is 11.0 Å². The molecule has 3 aromatic heterocycles. The molecule has 4 heterocycles. The first-order chi connectivity index (χ1) is 13.4. The largest absolute Gasteiger partial charge is 0.368 e. The average molecular weight is 446 g/mol. The van der Waals surface area contributed by atoms with Gasteiger partial charge in [-0.05, 0) is 34.8 Å². The second-order valence-electron chi connectivity index (χ2n) is 6.86. The molecule has 1 atom stereocenters. The van der Waals surface area contributed by atoms with Crippen LogP contribution in [-0.2, 0) is 7.05 Å². The van der Waals surface area contributed by atoms with E-state index in [-0.39, 0.29) is 17.3 Å². The van der Waals surface area contributed by atoms with Gasteiger partial charge in [0.2, 0.25) is 0 Å². The van der Waals surface area contributed by atoms with E-state index in [4.69, 9.17) is 5.73 Å². The predicted octanol–water partition coefficient (Wildman–Crippen LogP) is 1.60. The van der Waals surface area contributed by atoms with Crippen molar-refractivity contribution in [1.29, 1.82) is 0 Å². The molecule has 0 unspecified atom stereocenters. The molecule has 9 nitrogen and oxygen atoms in total. The Balaban J connectivity index is 1.73. The van der Waals surface area contributed by atoms with Gasteiger partial charge in [-0.15, -0.1) is 0 Å². The summed E-state index contributed by atoms with van der Waals surface area (Å²) in [7, 11) is 1.50. The molecule has 1 saturated heterocycles. The van der Waals surface area contributed by atoms with Gasteiger partial charge in [0.15, 0.2) is 0 Å². The van der Waals surface area contributed by atoms with Crippen LogP contribution in [0.2, 0.25) is 0 Å². The van der Waals surface area contributed by atoms with Crippen molar-refractivity contribution in [3.63, 3.8) is 0 Å². The molecule has 0 radical (unpaired) electrons. The van der Waals surface area contributed by atoms with Crippen molar-refractivity contribution in [2.45, 2.75) is 18.9 Å². The van der Waals surface area contributed by atoms with Crippen molar-refractivity contribution in [2.24, 2.45) is 12.8 Å². The van der Waals surface area contributed by atoms with Crippen LogP contribution < -0.4 is 21.5 Å². The summed E-state index contributed by atoms with van der Waals surface area (Å²) in [6, 6.07) is 2.83. The Kier molecular flexibility index (Phi) is 4.90. The first-order valence-electron chi connectivity index (χ1n) is 8.96. The van der Waals surface area contributed by atoms with E-state index in [1.165, 1.54) is 19.2 Å². The minimum Gasteiger partial charge on any atom is -0.368 e. The highest BCUT2D eigenvalue weighted by Gasteiger charge is 2.24. The lowest BCUT2D eigenvalue weighted by atomic mass is 10.1. The van der Waals surface area contributed by atoms with Crippen LogP contribution in [0, 0.1) is 0 Å². The van der Waals surface area contributed by atoms with Gasteiger partial charge in [0.25, 0.3) is 11.5 Å². The Morgan fingerprint density at radius 1 is 1.43 bits per heavy atom. The Hall–Kier alpha value is -2.72. The van der Waals surface area contributed by atoms with Gasteiger partial charge in [-0.3, -0.25) is 9.59 Å². The van der Waals surface area contributed by atoms with Crippen LogP contribution in [-0.4, -0.2) is 44.8 Å². The van der Waals surface area contributed by atoms with Gasteiger partial charge in [-0.1, -0.05) is 0 Å². The number of aryl methyl sites for hydroxylation is 1. The summed E-state index contributed by atoms with van der Waals surface area (Å²) < 4.78 is 1.97. The van der Waals surface area contributed by atoms with Crippen LogP contribution in [0.15, 0.2) is 33.8 Å². The maximum Gasteiger partial charge on any atom is 0.276 e. The third kappa shape index (κ3) is 3.40. The number of amides is 1. The highest BCUT2D eigenvalue weighted by molar-refractivity contribution is 9.10. The summed E-state index contributed by atoms with van der Waals surface area (Å²) >= 11 is 3.60. The van der Waals surface area contributed by atoms with Crippen LogP contribution in [0.1, 0.15) is 23.3 Å². The van der Waals surface area contributed by atoms with Crippen molar-refractivity contribution in [3.8, 4) is 0 Å². The first kappa shape index (κ1) is 18.6. The highest BCUT2D eigenvalue weighted by Crippen LogP contribution is 2.38. The number of nitrogens with zero attached hydrogens (tertiary/aromatic N) is 4. The Morgan fingerprint density at radius 2 is 2.25 bits per heavy atom. The molecule has 10 heteroatoms.